The first-order valence-corrected chi connectivity index (χ1v) is 7.07. The van der Waals surface area contributed by atoms with Gasteiger partial charge in [0.1, 0.15) is 0 Å². The SMILES string of the molecule is [C-]#[N+]c1ccccc1/C=C/c1ccc(CCCC)cc1. The first-order chi connectivity index (χ1) is 9.83. The predicted molar refractivity (Wildman–Crippen MR) is 86.7 cm³/mol. The maximum atomic E-state index is 7.15. The number of unbranched alkanes of at least 4 members (excludes halogenated alkanes) is 1. The van der Waals surface area contributed by atoms with E-state index in [4.69, 9.17) is 6.57 Å². The van der Waals surface area contributed by atoms with Crippen LogP contribution in [0.3, 0.4) is 0 Å². The van der Waals surface area contributed by atoms with Crippen molar-refractivity contribution in [2.24, 2.45) is 0 Å². The van der Waals surface area contributed by atoms with Crippen LogP contribution in [0.15, 0.2) is 48.5 Å². The minimum absolute atomic E-state index is 0.698. The third kappa shape index (κ3) is 3.83. The molecule has 0 aliphatic rings. The highest BCUT2D eigenvalue weighted by Crippen LogP contribution is 2.21. The molecule has 0 amide bonds. The van der Waals surface area contributed by atoms with Gasteiger partial charge in [0.05, 0.1) is 6.57 Å². The molecule has 0 fully saturated rings. The van der Waals surface area contributed by atoms with Gasteiger partial charge in [0, 0.05) is 0 Å². The van der Waals surface area contributed by atoms with Crippen LogP contribution < -0.4 is 0 Å². The fourth-order valence-corrected chi connectivity index (χ4v) is 2.09. The molecule has 0 unspecified atom stereocenters. The summed E-state index contributed by atoms with van der Waals surface area (Å²) in [6, 6.07) is 16.3. The first kappa shape index (κ1) is 14.1. The summed E-state index contributed by atoms with van der Waals surface area (Å²) in [5.74, 6) is 0. The molecule has 0 N–H and O–H groups in total. The minimum atomic E-state index is 0.698. The van der Waals surface area contributed by atoms with Crippen LogP contribution in [0.25, 0.3) is 17.0 Å². The maximum Gasteiger partial charge on any atom is 0.194 e. The van der Waals surface area contributed by atoms with E-state index in [1.165, 1.54) is 24.0 Å². The van der Waals surface area contributed by atoms with Gasteiger partial charge in [-0.3, -0.25) is 0 Å². The van der Waals surface area contributed by atoms with Crippen LogP contribution in [0.4, 0.5) is 5.69 Å². The van der Waals surface area contributed by atoms with Gasteiger partial charge in [-0.2, -0.15) is 0 Å². The van der Waals surface area contributed by atoms with E-state index in [0.717, 1.165) is 12.0 Å². The van der Waals surface area contributed by atoms with Crippen LogP contribution in [0.2, 0.25) is 0 Å². The van der Waals surface area contributed by atoms with Gasteiger partial charge in [-0.25, -0.2) is 4.85 Å². The van der Waals surface area contributed by atoms with Gasteiger partial charge in [0.15, 0.2) is 5.69 Å². The highest BCUT2D eigenvalue weighted by molar-refractivity contribution is 5.76. The number of benzene rings is 2. The summed E-state index contributed by atoms with van der Waals surface area (Å²) in [5.41, 5.74) is 4.23. The van der Waals surface area contributed by atoms with Crippen LogP contribution >= 0.6 is 0 Å². The van der Waals surface area contributed by atoms with Crippen molar-refractivity contribution in [2.75, 3.05) is 0 Å². The maximum absolute atomic E-state index is 7.15. The highest BCUT2D eigenvalue weighted by Gasteiger charge is 1.96. The number of hydrogen-bond acceptors (Lipinski definition) is 0. The molecule has 0 bridgehead atoms. The number of rotatable bonds is 5. The van der Waals surface area contributed by atoms with Gasteiger partial charge in [-0.1, -0.05) is 74.0 Å². The molecular weight excluding hydrogens is 242 g/mol. The van der Waals surface area contributed by atoms with E-state index < -0.39 is 0 Å². The van der Waals surface area contributed by atoms with Crippen molar-refractivity contribution >= 4 is 17.8 Å². The summed E-state index contributed by atoms with van der Waals surface area (Å²) < 4.78 is 0. The van der Waals surface area contributed by atoms with E-state index in [9.17, 15) is 0 Å². The molecule has 0 heterocycles. The summed E-state index contributed by atoms with van der Waals surface area (Å²) in [5, 5.41) is 0. The third-order valence-electron chi connectivity index (χ3n) is 3.31. The Hall–Kier alpha value is -2.33. The van der Waals surface area contributed by atoms with Gasteiger partial charge < -0.3 is 0 Å². The Kier molecular flexibility index (Phi) is 5.15. The van der Waals surface area contributed by atoms with Crippen molar-refractivity contribution in [2.45, 2.75) is 26.2 Å². The molecule has 1 heteroatoms. The zero-order valence-electron chi connectivity index (χ0n) is 11.8. The van der Waals surface area contributed by atoms with Gasteiger partial charge in [-0.05, 0) is 29.5 Å². The predicted octanol–water partition coefficient (Wildman–Crippen LogP) is 5.75. The first-order valence-electron chi connectivity index (χ1n) is 7.07. The van der Waals surface area contributed by atoms with E-state index in [1.807, 2.05) is 30.3 Å². The molecule has 0 spiro atoms. The molecule has 1 nitrogen and oxygen atoms in total. The summed E-state index contributed by atoms with van der Waals surface area (Å²) in [6.07, 6.45) is 7.70. The lowest BCUT2D eigenvalue weighted by Crippen LogP contribution is -1.84. The molecule has 0 saturated heterocycles. The number of aryl methyl sites for hydroxylation is 1. The average molecular weight is 261 g/mol. The lowest BCUT2D eigenvalue weighted by Gasteiger charge is -2.01. The standard InChI is InChI=1S/C19H19N/c1-3-4-7-16-10-12-17(13-11-16)14-15-18-8-5-6-9-19(18)20-2/h5-6,8-15H,3-4,7H2,1H3/b15-14+. The fourth-order valence-electron chi connectivity index (χ4n) is 2.09. The smallest absolute Gasteiger partial charge is 0.194 e. The second-order valence-electron chi connectivity index (χ2n) is 4.85. The zero-order chi connectivity index (χ0) is 14.2. The Morgan fingerprint density at radius 3 is 2.45 bits per heavy atom. The highest BCUT2D eigenvalue weighted by atomic mass is 14.6. The molecule has 0 saturated carbocycles. The Morgan fingerprint density at radius 1 is 1.00 bits per heavy atom. The lowest BCUT2D eigenvalue weighted by molar-refractivity contribution is 0.795. The lowest BCUT2D eigenvalue weighted by atomic mass is 10.1. The topological polar surface area (TPSA) is 4.36 Å². The van der Waals surface area contributed by atoms with Crippen molar-refractivity contribution < 1.29 is 0 Å². The molecule has 100 valence electrons. The normalized spacial score (nSPS) is 10.6. The number of para-hydroxylation sites is 1. The van der Waals surface area contributed by atoms with Crippen molar-refractivity contribution in [3.8, 4) is 0 Å². The molecule has 0 aromatic heterocycles. The van der Waals surface area contributed by atoms with E-state index in [-0.39, 0.29) is 0 Å². The van der Waals surface area contributed by atoms with E-state index in [2.05, 4.69) is 42.1 Å². The van der Waals surface area contributed by atoms with Crippen LogP contribution in [-0.4, -0.2) is 0 Å². The second-order valence-corrected chi connectivity index (χ2v) is 4.85. The molecule has 0 radical (unpaired) electrons. The monoisotopic (exact) mass is 261 g/mol. The van der Waals surface area contributed by atoms with Gasteiger partial charge in [-0.15, -0.1) is 0 Å². The van der Waals surface area contributed by atoms with E-state index >= 15 is 0 Å². The quantitative estimate of drug-likeness (QED) is 0.477. The van der Waals surface area contributed by atoms with Crippen molar-refractivity contribution in [1.82, 2.24) is 0 Å². The summed E-state index contributed by atoms with van der Waals surface area (Å²) in [6.45, 7) is 9.37. The molecule has 2 aromatic rings. The van der Waals surface area contributed by atoms with Gasteiger partial charge in [0.2, 0.25) is 0 Å². The van der Waals surface area contributed by atoms with Crippen LogP contribution in [0.1, 0.15) is 36.5 Å². The molecule has 0 aliphatic heterocycles. The molecule has 0 aliphatic carbocycles. The Labute approximate surface area is 121 Å². The summed E-state index contributed by atoms with van der Waals surface area (Å²) in [7, 11) is 0. The number of nitrogens with zero attached hydrogens (tertiary/aromatic N) is 1. The largest absolute Gasteiger partial charge is 0.238 e. The van der Waals surface area contributed by atoms with E-state index in [0.29, 0.717) is 5.69 Å². The summed E-state index contributed by atoms with van der Waals surface area (Å²) >= 11 is 0. The molecule has 2 rings (SSSR count). The molecule has 2 aromatic carbocycles. The van der Waals surface area contributed by atoms with Crippen LogP contribution in [0.5, 0.6) is 0 Å². The number of hydrogen-bond donors (Lipinski definition) is 0. The summed E-state index contributed by atoms with van der Waals surface area (Å²) in [4.78, 5) is 3.53. The zero-order valence-corrected chi connectivity index (χ0v) is 11.8. The minimum Gasteiger partial charge on any atom is -0.238 e. The van der Waals surface area contributed by atoms with Crippen molar-refractivity contribution in [3.05, 3.63) is 76.6 Å². The molecule has 20 heavy (non-hydrogen) atoms. The van der Waals surface area contributed by atoms with Crippen molar-refractivity contribution in [1.29, 1.82) is 0 Å². The van der Waals surface area contributed by atoms with Crippen molar-refractivity contribution in [3.63, 3.8) is 0 Å². The Bertz CT molecular complexity index is 615. The Balaban J connectivity index is 2.10. The van der Waals surface area contributed by atoms with Crippen LogP contribution in [-0.2, 0) is 6.42 Å². The van der Waals surface area contributed by atoms with E-state index in [1.54, 1.807) is 0 Å². The second kappa shape index (κ2) is 7.31. The Morgan fingerprint density at radius 2 is 1.75 bits per heavy atom. The van der Waals surface area contributed by atoms with Gasteiger partial charge in [0.25, 0.3) is 0 Å². The third-order valence-corrected chi connectivity index (χ3v) is 3.31. The average Bonchev–Trinajstić information content (AvgIpc) is 2.52. The molecule has 0 atom stereocenters. The van der Waals surface area contributed by atoms with Gasteiger partial charge >= 0.3 is 0 Å². The molecular formula is C19H19N. The van der Waals surface area contributed by atoms with Crippen LogP contribution in [0, 0.1) is 6.57 Å². The fraction of sp³-hybridized carbons (Fsp3) is 0.211.